The molecule has 0 amide bonds. The zero-order valence-electron chi connectivity index (χ0n) is 16.9. The normalized spacial score (nSPS) is 22.9. The van der Waals surface area contributed by atoms with Crippen molar-refractivity contribution in [3.05, 3.63) is 84.9 Å². The van der Waals surface area contributed by atoms with Gasteiger partial charge in [0.05, 0.1) is 11.5 Å². The van der Waals surface area contributed by atoms with Gasteiger partial charge in [0.1, 0.15) is 16.7 Å². The highest BCUT2D eigenvalue weighted by atomic mass is 32.2. The Kier molecular flexibility index (Phi) is 9.06. The highest BCUT2D eigenvalue weighted by Gasteiger charge is 2.45. The predicted octanol–water partition coefficient (Wildman–Crippen LogP) is 4.28. The topological polar surface area (TPSA) is 32.8 Å². The van der Waals surface area contributed by atoms with Gasteiger partial charge in [-0.1, -0.05) is 62.3 Å². The van der Waals surface area contributed by atoms with Gasteiger partial charge in [-0.2, -0.15) is 0 Å². The SMILES string of the molecule is C=C/C=C\C(=C/C=C)S(=O)N1CCC2(CC1)OCCN2C/C(C=C)=C/C=C\C. The maximum atomic E-state index is 13.0. The van der Waals surface area contributed by atoms with Crippen molar-refractivity contribution in [2.45, 2.75) is 25.5 Å². The molecule has 2 saturated heterocycles. The molecule has 0 bridgehead atoms. The van der Waals surface area contributed by atoms with E-state index >= 15 is 0 Å². The smallest absolute Gasteiger partial charge is 0.127 e. The standard InChI is InChI=1S/C23H32N2O2S/c1-5-9-12-21(8-4)20-24-18-19-27-23(24)14-16-25(17-15-23)28(26)22(11-7-3)13-10-6-2/h5-13H,2-4,14-20H2,1H3/b9-5-,13-10-,21-12+,22-11+. The summed E-state index contributed by atoms with van der Waals surface area (Å²) in [6.45, 7) is 17.3. The summed E-state index contributed by atoms with van der Waals surface area (Å²) in [4.78, 5) is 3.14. The first-order valence-electron chi connectivity index (χ1n) is 9.72. The van der Waals surface area contributed by atoms with Crippen LogP contribution in [0.25, 0.3) is 0 Å². The number of rotatable bonds is 9. The van der Waals surface area contributed by atoms with E-state index < -0.39 is 11.0 Å². The third-order valence-electron chi connectivity index (χ3n) is 5.07. The lowest BCUT2D eigenvalue weighted by molar-refractivity contribution is -0.107. The molecule has 2 aliphatic rings. The molecule has 0 aliphatic carbocycles. The van der Waals surface area contributed by atoms with Crippen LogP contribution in [-0.4, -0.2) is 51.9 Å². The second-order valence-electron chi connectivity index (χ2n) is 6.77. The molecular weight excluding hydrogens is 368 g/mol. The van der Waals surface area contributed by atoms with Crippen LogP contribution in [0.1, 0.15) is 19.8 Å². The maximum Gasteiger partial charge on any atom is 0.127 e. The summed E-state index contributed by atoms with van der Waals surface area (Å²) in [5.74, 6) is 0. The van der Waals surface area contributed by atoms with E-state index in [1.165, 1.54) is 5.57 Å². The van der Waals surface area contributed by atoms with Crippen molar-refractivity contribution in [1.29, 1.82) is 0 Å². The first-order valence-corrected chi connectivity index (χ1v) is 10.8. The van der Waals surface area contributed by atoms with Gasteiger partial charge in [0.25, 0.3) is 0 Å². The van der Waals surface area contributed by atoms with Gasteiger partial charge in [0, 0.05) is 39.0 Å². The number of hydrogen-bond acceptors (Lipinski definition) is 3. The minimum Gasteiger partial charge on any atom is -0.359 e. The molecule has 0 saturated carbocycles. The van der Waals surface area contributed by atoms with Gasteiger partial charge in [-0.3, -0.25) is 4.90 Å². The van der Waals surface area contributed by atoms with Crippen molar-refractivity contribution >= 4 is 11.0 Å². The Balaban J connectivity index is 2.06. The third kappa shape index (κ3) is 5.61. The van der Waals surface area contributed by atoms with Crippen LogP contribution in [0.4, 0.5) is 0 Å². The summed E-state index contributed by atoms with van der Waals surface area (Å²) in [5.41, 5.74) is 0.914. The molecule has 1 spiro atoms. The molecule has 0 aromatic rings. The van der Waals surface area contributed by atoms with Crippen molar-refractivity contribution in [2.75, 3.05) is 32.8 Å². The van der Waals surface area contributed by atoms with Crippen LogP contribution in [-0.2, 0) is 15.7 Å². The van der Waals surface area contributed by atoms with E-state index in [2.05, 4.69) is 30.7 Å². The molecule has 2 rings (SSSR count). The molecule has 0 aromatic carbocycles. The summed E-state index contributed by atoms with van der Waals surface area (Å²) in [6, 6.07) is 0. The third-order valence-corrected chi connectivity index (χ3v) is 6.57. The van der Waals surface area contributed by atoms with Gasteiger partial charge in [0.15, 0.2) is 0 Å². The largest absolute Gasteiger partial charge is 0.359 e. The molecule has 152 valence electrons. The van der Waals surface area contributed by atoms with Crippen LogP contribution < -0.4 is 0 Å². The van der Waals surface area contributed by atoms with Gasteiger partial charge in [-0.05, 0) is 24.6 Å². The summed E-state index contributed by atoms with van der Waals surface area (Å²) < 4.78 is 21.2. The van der Waals surface area contributed by atoms with Crippen molar-refractivity contribution in [2.24, 2.45) is 0 Å². The van der Waals surface area contributed by atoms with Crippen molar-refractivity contribution in [3.63, 3.8) is 0 Å². The Morgan fingerprint density at radius 3 is 2.46 bits per heavy atom. The predicted molar refractivity (Wildman–Crippen MR) is 120 cm³/mol. The van der Waals surface area contributed by atoms with Crippen LogP contribution in [0.2, 0.25) is 0 Å². The minimum absolute atomic E-state index is 0.266. The van der Waals surface area contributed by atoms with Gasteiger partial charge < -0.3 is 4.74 Å². The second-order valence-corrected chi connectivity index (χ2v) is 8.25. The molecule has 0 aromatic heterocycles. The van der Waals surface area contributed by atoms with Crippen molar-refractivity contribution < 1.29 is 8.95 Å². The quantitative estimate of drug-likeness (QED) is 0.542. The number of piperidine rings is 1. The summed E-state index contributed by atoms with van der Waals surface area (Å²) in [5, 5.41) is 0. The molecule has 2 aliphatic heterocycles. The van der Waals surface area contributed by atoms with E-state index in [4.69, 9.17) is 4.74 Å². The Bertz CT molecular complexity index is 710. The molecular formula is C23H32N2O2S. The fourth-order valence-electron chi connectivity index (χ4n) is 3.55. The second kappa shape index (κ2) is 11.3. The van der Waals surface area contributed by atoms with Crippen LogP contribution in [0, 0.1) is 0 Å². The lowest BCUT2D eigenvalue weighted by Gasteiger charge is -2.43. The Morgan fingerprint density at radius 2 is 1.86 bits per heavy atom. The van der Waals surface area contributed by atoms with E-state index in [9.17, 15) is 4.21 Å². The summed E-state index contributed by atoms with van der Waals surface area (Å²) in [7, 11) is -1.21. The van der Waals surface area contributed by atoms with Crippen LogP contribution in [0.3, 0.4) is 0 Å². The zero-order valence-corrected chi connectivity index (χ0v) is 17.7. The Hall–Kier alpha value is -1.79. The number of nitrogens with zero attached hydrogens (tertiary/aromatic N) is 2. The van der Waals surface area contributed by atoms with E-state index in [0.717, 1.165) is 50.5 Å². The number of ether oxygens (including phenoxy) is 1. The maximum absolute atomic E-state index is 13.0. The number of hydrogen-bond donors (Lipinski definition) is 0. The zero-order chi connectivity index (χ0) is 20.4. The van der Waals surface area contributed by atoms with E-state index in [-0.39, 0.29) is 5.72 Å². The van der Waals surface area contributed by atoms with E-state index in [1.807, 2.05) is 35.5 Å². The van der Waals surface area contributed by atoms with Gasteiger partial charge in [-0.15, -0.1) is 0 Å². The highest BCUT2D eigenvalue weighted by molar-refractivity contribution is 7.86. The average molecular weight is 401 g/mol. The average Bonchev–Trinajstić information content (AvgIpc) is 3.09. The van der Waals surface area contributed by atoms with Gasteiger partial charge in [-0.25, -0.2) is 8.51 Å². The first kappa shape index (κ1) is 22.5. The fourth-order valence-corrected chi connectivity index (χ4v) is 4.77. The fraction of sp³-hybridized carbons (Fsp3) is 0.391. The monoisotopic (exact) mass is 400 g/mol. The van der Waals surface area contributed by atoms with Crippen molar-refractivity contribution in [3.8, 4) is 0 Å². The summed E-state index contributed by atoms with van der Waals surface area (Å²) >= 11 is 0. The Morgan fingerprint density at radius 1 is 1.11 bits per heavy atom. The Labute approximate surface area is 172 Å². The molecule has 4 nitrogen and oxygen atoms in total. The van der Waals surface area contributed by atoms with Crippen molar-refractivity contribution in [1.82, 2.24) is 9.21 Å². The summed E-state index contributed by atoms with van der Waals surface area (Å²) in [6.07, 6.45) is 18.5. The van der Waals surface area contributed by atoms with E-state index in [1.54, 1.807) is 24.3 Å². The van der Waals surface area contributed by atoms with Crippen LogP contribution >= 0.6 is 0 Å². The van der Waals surface area contributed by atoms with Gasteiger partial charge in [0.2, 0.25) is 0 Å². The molecule has 2 heterocycles. The molecule has 1 unspecified atom stereocenters. The molecule has 0 radical (unpaired) electrons. The lowest BCUT2D eigenvalue weighted by atomic mass is 9.99. The minimum atomic E-state index is -1.21. The lowest BCUT2D eigenvalue weighted by Crippen LogP contribution is -2.53. The molecule has 2 fully saturated rings. The number of allylic oxidation sites excluding steroid dienone is 8. The highest BCUT2D eigenvalue weighted by Crippen LogP contribution is 2.35. The van der Waals surface area contributed by atoms with Gasteiger partial charge >= 0.3 is 0 Å². The molecule has 1 atom stereocenters. The van der Waals surface area contributed by atoms with Crippen LogP contribution in [0.5, 0.6) is 0 Å². The van der Waals surface area contributed by atoms with E-state index in [0.29, 0.717) is 0 Å². The molecule has 28 heavy (non-hydrogen) atoms. The molecule has 5 heteroatoms. The molecule has 0 N–H and O–H groups in total. The van der Waals surface area contributed by atoms with Crippen LogP contribution in [0.15, 0.2) is 84.9 Å². The first-order chi connectivity index (χ1) is 13.6.